The highest BCUT2D eigenvalue weighted by atomic mass is 16.5. The van der Waals surface area contributed by atoms with Crippen molar-refractivity contribution < 1.29 is 9.53 Å². The number of methoxy groups -OCH3 is 1. The number of H-pyrrole nitrogens is 1. The van der Waals surface area contributed by atoms with Gasteiger partial charge < -0.3 is 19.5 Å². The number of aryl methyl sites for hydroxylation is 1. The molecule has 1 aromatic heterocycles. The summed E-state index contributed by atoms with van der Waals surface area (Å²) in [6.07, 6.45) is 3.89. The number of piperidine rings is 1. The van der Waals surface area contributed by atoms with Gasteiger partial charge in [-0.25, -0.2) is 4.98 Å². The molecular formula is C23H30N4O3. The molecule has 0 saturated carbocycles. The average molecular weight is 411 g/mol. The van der Waals surface area contributed by atoms with Crippen molar-refractivity contribution in [3.63, 3.8) is 0 Å². The first-order valence-corrected chi connectivity index (χ1v) is 10.7. The summed E-state index contributed by atoms with van der Waals surface area (Å²) in [5.41, 5.74) is 2.82. The Bertz CT molecular complexity index is 954. The second kappa shape index (κ2) is 9.00. The number of likely N-dealkylation sites (tertiary alicyclic amines) is 1. The number of benzene rings is 1. The molecule has 160 valence electrons. The second-order valence-electron chi connectivity index (χ2n) is 8.39. The Balaban J connectivity index is 1.40. The highest BCUT2D eigenvalue weighted by Gasteiger charge is 2.28. The summed E-state index contributed by atoms with van der Waals surface area (Å²) in [5.74, 6) is 1.83. The van der Waals surface area contributed by atoms with Crippen LogP contribution >= 0.6 is 0 Å². The first-order valence-electron chi connectivity index (χ1n) is 10.7. The van der Waals surface area contributed by atoms with E-state index in [1.807, 2.05) is 36.2 Å². The number of aromatic amines is 1. The number of hydrogen-bond donors (Lipinski definition) is 1. The van der Waals surface area contributed by atoms with Crippen LogP contribution in [0.2, 0.25) is 0 Å². The molecule has 1 N–H and O–H groups in total. The Kier molecular flexibility index (Phi) is 6.18. The number of ether oxygens (including phenoxy) is 1. The Morgan fingerprint density at radius 1 is 1.27 bits per heavy atom. The lowest BCUT2D eigenvalue weighted by molar-refractivity contribution is -0.132. The minimum Gasteiger partial charge on any atom is -0.497 e. The summed E-state index contributed by atoms with van der Waals surface area (Å²) in [6.45, 7) is 2.98. The number of nitrogens with zero attached hydrogens (tertiary/aromatic N) is 3. The monoisotopic (exact) mass is 410 g/mol. The van der Waals surface area contributed by atoms with E-state index in [2.05, 4.69) is 9.88 Å². The maximum Gasteiger partial charge on any atom is 0.255 e. The summed E-state index contributed by atoms with van der Waals surface area (Å²) in [6, 6.07) is 7.86. The van der Waals surface area contributed by atoms with Crippen molar-refractivity contribution in [1.29, 1.82) is 0 Å². The molecule has 1 atom stereocenters. The van der Waals surface area contributed by atoms with Gasteiger partial charge in [0, 0.05) is 44.9 Å². The normalized spacial score (nSPS) is 19.4. The van der Waals surface area contributed by atoms with Crippen LogP contribution in [-0.4, -0.2) is 59.5 Å². The van der Waals surface area contributed by atoms with Crippen LogP contribution in [-0.2, 0) is 24.2 Å². The van der Waals surface area contributed by atoms with Crippen LogP contribution in [0.15, 0.2) is 29.1 Å². The molecule has 4 rings (SSSR count). The van der Waals surface area contributed by atoms with Crippen LogP contribution in [0, 0.1) is 0 Å². The van der Waals surface area contributed by atoms with Crippen molar-refractivity contribution in [1.82, 2.24) is 19.8 Å². The summed E-state index contributed by atoms with van der Waals surface area (Å²) >= 11 is 0. The van der Waals surface area contributed by atoms with E-state index in [9.17, 15) is 9.59 Å². The Morgan fingerprint density at radius 3 is 2.83 bits per heavy atom. The molecule has 0 unspecified atom stereocenters. The molecule has 0 radical (unpaired) electrons. The molecule has 3 heterocycles. The van der Waals surface area contributed by atoms with Gasteiger partial charge in [-0.15, -0.1) is 0 Å². The minimum absolute atomic E-state index is 0.0236. The van der Waals surface area contributed by atoms with E-state index in [-0.39, 0.29) is 17.4 Å². The smallest absolute Gasteiger partial charge is 0.255 e. The highest BCUT2D eigenvalue weighted by molar-refractivity contribution is 5.76. The SMILES string of the molecule is COc1ccc(CCC(=O)N2CCC[C@@H](c3nc4c(c(=O)[nH]3)CN(C)CC4)C2)cc1. The van der Waals surface area contributed by atoms with E-state index in [1.54, 1.807) is 7.11 Å². The number of carbonyl (C=O) groups is 1. The van der Waals surface area contributed by atoms with Gasteiger partial charge in [-0.2, -0.15) is 0 Å². The lowest BCUT2D eigenvalue weighted by Gasteiger charge is -2.33. The summed E-state index contributed by atoms with van der Waals surface area (Å²) in [5, 5.41) is 0. The van der Waals surface area contributed by atoms with Crippen molar-refractivity contribution in [3.8, 4) is 5.75 Å². The van der Waals surface area contributed by atoms with Gasteiger partial charge in [0.2, 0.25) is 5.91 Å². The van der Waals surface area contributed by atoms with Crippen LogP contribution in [0.1, 0.15) is 47.8 Å². The van der Waals surface area contributed by atoms with Crippen molar-refractivity contribution >= 4 is 5.91 Å². The van der Waals surface area contributed by atoms with Crippen LogP contribution in [0.3, 0.4) is 0 Å². The van der Waals surface area contributed by atoms with E-state index in [0.717, 1.165) is 60.7 Å². The van der Waals surface area contributed by atoms with Crippen molar-refractivity contribution in [2.24, 2.45) is 0 Å². The molecule has 1 aromatic carbocycles. The lowest BCUT2D eigenvalue weighted by Crippen LogP contribution is -2.41. The summed E-state index contributed by atoms with van der Waals surface area (Å²) in [7, 11) is 3.67. The second-order valence-corrected chi connectivity index (χ2v) is 8.39. The first kappa shape index (κ1) is 20.6. The summed E-state index contributed by atoms with van der Waals surface area (Å²) in [4.78, 5) is 37.3. The number of likely N-dealkylation sites (N-methyl/N-ethyl adjacent to an activating group) is 1. The van der Waals surface area contributed by atoms with E-state index in [4.69, 9.17) is 9.72 Å². The number of aromatic nitrogens is 2. The van der Waals surface area contributed by atoms with Crippen LogP contribution in [0.4, 0.5) is 0 Å². The molecule has 2 aliphatic heterocycles. The Labute approximate surface area is 177 Å². The van der Waals surface area contributed by atoms with Gasteiger partial charge in [-0.3, -0.25) is 9.59 Å². The zero-order valence-electron chi connectivity index (χ0n) is 17.8. The quantitative estimate of drug-likeness (QED) is 0.817. The van der Waals surface area contributed by atoms with Gasteiger partial charge in [-0.1, -0.05) is 12.1 Å². The van der Waals surface area contributed by atoms with Crippen molar-refractivity contribution in [2.75, 3.05) is 33.8 Å². The zero-order valence-corrected chi connectivity index (χ0v) is 17.8. The number of amides is 1. The fourth-order valence-corrected chi connectivity index (χ4v) is 4.40. The van der Waals surface area contributed by atoms with Gasteiger partial charge in [0.25, 0.3) is 5.56 Å². The largest absolute Gasteiger partial charge is 0.497 e. The number of carbonyl (C=O) groups excluding carboxylic acids is 1. The molecule has 7 nitrogen and oxygen atoms in total. The third-order valence-corrected chi connectivity index (χ3v) is 6.23. The van der Waals surface area contributed by atoms with Crippen LogP contribution in [0.5, 0.6) is 5.75 Å². The van der Waals surface area contributed by atoms with Gasteiger partial charge in [0.05, 0.1) is 18.4 Å². The molecule has 0 spiro atoms. The van der Waals surface area contributed by atoms with E-state index in [1.165, 1.54) is 0 Å². The number of rotatable bonds is 5. The molecule has 0 aliphatic carbocycles. The molecule has 1 saturated heterocycles. The third-order valence-electron chi connectivity index (χ3n) is 6.23. The minimum atomic E-state index is -0.0236. The molecule has 0 bridgehead atoms. The fraction of sp³-hybridized carbons (Fsp3) is 0.522. The average Bonchev–Trinajstić information content (AvgIpc) is 2.78. The van der Waals surface area contributed by atoms with E-state index in [0.29, 0.717) is 25.9 Å². The predicted molar refractivity (Wildman–Crippen MR) is 115 cm³/mol. The van der Waals surface area contributed by atoms with Crippen LogP contribution < -0.4 is 10.3 Å². The molecule has 1 fully saturated rings. The third kappa shape index (κ3) is 4.56. The molecule has 2 aromatic rings. The maximum atomic E-state index is 12.8. The maximum absolute atomic E-state index is 12.8. The molecule has 1 amide bonds. The van der Waals surface area contributed by atoms with Crippen LogP contribution in [0.25, 0.3) is 0 Å². The van der Waals surface area contributed by atoms with Gasteiger partial charge in [0.1, 0.15) is 11.6 Å². The number of hydrogen-bond acceptors (Lipinski definition) is 5. The lowest BCUT2D eigenvalue weighted by atomic mass is 9.96. The van der Waals surface area contributed by atoms with Crippen molar-refractivity contribution in [3.05, 3.63) is 57.3 Å². The number of fused-ring (bicyclic) bond motifs is 1. The van der Waals surface area contributed by atoms with E-state index < -0.39 is 0 Å². The zero-order chi connectivity index (χ0) is 21.1. The summed E-state index contributed by atoms with van der Waals surface area (Å²) < 4.78 is 5.18. The van der Waals surface area contributed by atoms with Gasteiger partial charge in [-0.05, 0) is 44.0 Å². The molecule has 30 heavy (non-hydrogen) atoms. The first-order chi connectivity index (χ1) is 14.5. The predicted octanol–water partition coefficient (Wildman–Crippen LogP) is 2.11. The topological polar surface area (TPSA) is 78.5 Å². The Morgan fingerprint density at radius 2 is 2.07 bits per heavy atom. The Hall–Kier alpha value is -2.67. The molecule has 7 heteroatoms. The highest BCUT2D eigenvalue weighted by Crippen LogP contribution is 2.26. The van der Waals surface area contributed by atoms with Gasteiger partial charge in [0.15, 0.2) is 0 Å². The van der Waals surface area contributed by atoms with E-state index >= 15 is 0 Å². The molecular weight excluding hydrogens is 380 g/mol. The number of nitrogens with one attached hydrogen (secondary N) is 1. The van der Waals surface area contributed by atoms with Gasteiger partial charge >= 0.3 is 0 Å². The standard InChI is InChI=1S/C23H30N4O3/c1-26-13-11-20-19(15-26)23(29)25-22(24-20)17-4-3-12-27(14-17)21(28)10-7-16-5-8-18(30-2)9-6-16/h5-6,8-9,17H,3-4,7,10-15H2,1-2H3,(H,24,25,29)/t17-/m1/s1. The molecule has 2 aliphatic rings. The fourth-order valence-electron chi connectivity index (χ4n) is 4.40. The van der Waals surface area contributed by atoms with Crippen molar-refractivity contribution in [2.45, 2.75) is 44.6 Å².